The van der Waals surface area contributed by atoms with E-state index >= 15 is 0 Å². The molecule has 138 valence electrons. The number of aromatic hydroxyl groups is 1. The van der Waals surface area contributed by atoms with Crippen molar-refractivity contribution < 1.29 is 18.3 Å². The van der Waals surface area contributed by atoms with Crippen LogP contribution in [0.5, 0.6) is 5.75 Å². The fourth-order valence-corrected chi connectivity index (χ4v) is 6.46. The van der Waals surface area contributed by atoms with Gasteiger partial charge in [0.2, 0.25) is 5.91 Å². The highest BCUT2D eigenvalue weighted by molar-refractivity contribution is 8.00. The summed E-state index contributed by atoms with van der Waals surface area (Å²) in [6, 6.07) is 6.71. The predicted molar refractivity (Wildman–Crippen MR) is 100 cm³/mol. The Hall–Kier alpha value is -2.00. The summed E-state index contributed by atoms with van der Waals surface area (Å²) in [7, 11) is -3.07. The number of aromatic nitrogens is 2. The van der Waals surface area contributed by atoms with Crippen molar-refractivity contribution in [3.63, 3.8) is 0 Å². The maximum atomic E-state index is 12.3. The van der Waals surface area contributed by atoms with Crippen molar-refractivity contribution in [1.29, 1.82) is 0 Å². The summed E-state index contributed by atoms with van der Waals surface area (Å²) in [4.78, 5) is 12.3. The summed E-state index contributed by atoms with van der Waals surface area (Å²) in [5.74, 6) is 1.07. The van der Waals surface area contributed by atoms with Crippen LogP contribution < -0.4 is 5.32 Å². The number of hydrogen-bond acceptors (Lipinski definition) is 6. The van der Waals surface area contributed by atoms with E-state index in [9.17, 15) is 18.3 Å². The molecule has 2 aromatic rings. The zero-order chi connectivity index (χ0) is 18.5. The number of thioether (sulfide) groups is 1. The zero-order valence-corrected chi connectivity index (χ0v) is 15.8. The Kier molecular flexibility index (Phi) is 4.23. The third-order valence-corrected chi connectivity index (χ3v) is 7.78. The van der Waals surface area contributed by atoms with Crippen LogP contribution in [0.1, 0.15) is 34.5 Å². The van der Waals surface area contributed by atoms with Gasteiger partial charge < -0.3 is 10.4 Å². The maximum absolute atomic E-state index is 12.3. The number of carbonyl (C=O) groups is 1. The highest BCUT2D eigenvalue weighted by Crippen LogP contribution is 2.45. The summed E-state index contributed by atoms with van der Waals surface area (Å²) in [6.45, 7) is 1.87. The van der Waals surface area contributed by atoms with Gasteiger partial charge in [0, 0.05) is 5.56 Å². The van der Waals surface area contributed by atoms with Crippen molar-refractivity contribution in [2.75, 3.05) is 22.6 Å². The van der Waals surface area contributed by atoms with Crippen molar-refractivity contribution in [3.05, 3.63) is 41.1 Å². The van der Waals surface area contributed by atoms with Crippen LogP contribution in [0.15, 0.2) is 24.3 Å². The molecule has 1 amide bonds. The number of aryl methyl sites for hydroxylation is 1. The number of sulfone groups is 1. The van der Waals surface area contributed by atoms with Crippen LogP contribution in [0, 0.1) is 6.92 Å². The molecule has 26 heavy (non-hydrogen) atoms. The highest BCUT2D eigenvalue weighted by atomic mass is 32.2. The number of phenols is 1. The van der Waals surface area contributed by atoms with Crippen molar-refractivity contribution in [2.24, 2.45) is 0 Å². The normalized spacial score (nSPS) is 24.7. The minimum atomic E-state index is -3.07. The molecule has 0 saturated carbocycles. The predicted octanol–water partition coefficient (Wildman–Crippen LogP) is 2.03. The molecule has 1 aromatic carbocycles. The number of carbonyl (C=O) groups excluding carboxylic acids is 1. The molecule has 1 aromatic heterocycles. The lowest BCUT2D eigenvalue weighted by Crippen LogP contribution is -2.20. The Morgan fingerprint density at radius 2 is 2.19 bits per heavy atom. The first-order chi connectivity index (χ1) is 12.3. The summed E-state index contributed by atoms with van der Waals surface area (Å²) in [5.41, 5.74) is 2.51. The van der Waals surface area contributed by atoms with E-state index in [-0.39, 0.29) is 40.2 Å². The van der Waals surface area contributed by atoms with Crippen molar-refractivity contribution >= 4 is 33.3 Å². The van der Waals surface area contributed by atoms with Crippen LogP contribution in [0.25, 0.3) is 0 Å². The summed E-state index contributed by atoms with van der Waals surface area (Å²) in [5, 5.41) is 17.2. The van der Waals surface area contributed by atoms with E-state index in [4.69, 9.17) is 0 Å². The molecule has 0 radical (unpaired) electrons. The molecule has 2 atom stereocenters. The van der Waals surface area contributed by atoms with Gasteiger partial charge in [-0.3, -0.25) is 4.79 Å². The molecule has 0 bridgehead atoms. The van der Waals surface area contributed by atoms with E-state index in [1.807, 2.05) is 13.0 Å². The maximum Gasteiger partial charge on any atom is 0.235 e. The van der Waals surface area contributed by atoms with E-state index in [1.165, 1.54) is 11.8 Å². The Balaban J connectivity index is 1.83. The molecule has 9 heteroatoms. The topological polar surface area (TPSA) is 101 Å². The van der Waals surface area contributed by atoms with E-state index in [2.05, 4.69) is 10.4 Å². The van der Waals surface area contributed by atoms with Gasteiger partial charge in [-0.1, -0.05) is 12.1 Å². The largest absolute Gasteiger partial charge is 0.508 e. The molecule has 1 saturated heterocycles. The molecule has 2 aliphatic rings. The zero-order valence-electron chi connectivity index (χ0n) is 14.2. The quantitative estimate of drug-likeness (QED) is 0.810. The van der Waals surface area contributed by atoms with Gasteiger partial charge >= 0.3 is 0 Å². The number of amides is 1. The van der Waals surface area contributed by atoms with Gasteiger partial charge in [0.15, 0.2) is 9.84 Å². The standard InChI is InChI=1S/C17H19N3O4S2/c1-10-15-16(11-3-2-4-13(21)7-11)25-8-14(22)18-17(15)20(19-10)12-5-6-26(23,24)9-12/h2-4,7,12,16,21H,5-6,8-9H2,1H3,(H,18,22). The Labute approximate surface area is 155 Å². The third kappa shape index (κ3) is 3.09. The second-order valence-electron chi connectivity index (χ2n) is 6.68. The molecule has 2 N–H and O–H groups in total. The number of nitrogens with zero attached hydrogens (tertiary/aromatic N) is 2. The van der Waals surface area contributed by atoms with Crippen LogP contribution in [0.3, 0.4) is 0 Å². The third-order valence-electron chi connectivity index (χ3n) is 4.76. The lowest BCUT2D eigenvalue weighted by molar-refractivity contribution is -0.113. The molecule has 0 spiro atoms. The van der Waals surface area contributed by atoms with Gasteiger partial charge in [-0.05, 0) is 31.0 Å². The van der Waals surface area contributed by atoms with E-state index in [0.29, 0.717) is 12.2 Å². The molecular weight excluding hydrogens is 374 g/mol. The Morgan fingerprint density at radius 1 is 1.38 bits per heavy atom. The lowest BCUT2D eigenvalue weighted by atomic mass is 10.0. The van der Waals surface area contributed by atoms with Crippen molar-refractivity contribution in [2.45, 2.75) is 24.6 Å². The first kappa shape index (κ1) is 17.4. The summed E-state index contributed by atoms with van der Waals surface area (Å²) in [6.07, 6.45) is 0.496. The number of nitrogens with one attached hydrogen (secondary N) is 1. The Bertz CT molecular complexity index is 984. The van der Waals surface area contributed by atoms with E-state index in [0.717, 1.165) is 16.8 Å². The van der Waals surface area contributed by atoms with Crippen molar-refractivity contribution in [3.8, 4) is 5.75 Å². The second-order valence-corrected chi connectivity index (χ2v) is 10.0. The number of anilines is 1. The van der Waals surface area contributed by atoms with Crippen LogP contribution in [0.4, 0.5) is 5.82 Å². The summed E-state index contributed by atoms with van der Waals surface area (Å²) < 4.78 is 25.4. The SMILES string of the molecule is Cc1nn(C2CCS(=O)(=O)C2)c2c1C(c1cccc(O)c1)SCC(=O)N2. The van der Waals surface area contributed by atoms with Gasteiger partial charge in [-0.2, -0.15) is 5.10 Å². The van der Waals surface area contributed by atoms with E-state index in [1.54, 1.807) is 22.9 Å². The minimum Gasteiger partial charge on any atom is -0.508 e. The number of fused-ring (bicyclic) bond motifs is 1. The average molecular weight is 393 g/mol. The van der Waals surface area contributed by atoms with Gasteiger partial charge in [0.05, 0.1) is 34.2 Å². The van der Waals surface area contributed by atoms with Gasteiger partial charge in [-0.15, -0.1) is 11.8 Å². The first-order valence-electron chi connectivity index (χ1n) is 8.34. The molecule has 3 heterocycles. The molecular formula is C17H19N3O4S2. The van der Waals surface area contributed by atoms with Crippen LogP contribution >= 0.6 is 11.8 Å². The van der Waals surface area contributed by atoms with Crippen molar-refractivity contribution in [1.82, 2.24) is 9.78 Å². The number of benzene rings is 1. The molecule has 2 aliphatic heterocycles. The Morgan fingerprint density at radius 3 is 2.88 bits per heavy atom. The number of hydrogen-bond donors (Lipinski definition) is 2. The van der Waals surface area contributed by atoms with Gasteiger partial charge in [0.1, 0.15) is 11.6 Å². The first-order valence-corrected chi connectivity index (χ1v) is 11.2. The van der Waals surface area contributed by atoms with Gasteiger partial charge in [-0.25, -0.2) is 13.1 Å². The fourth-order valence-electron chi connectivity index (χ4n) is 3.59. The smallest absolute Gasteiger partial charge is 0.235 e. The summed E-state index contributed by atoms with van der Waals surface area (Å²) >= 11 is 1.47. The molecule has 1 fully saturated rings. The van der Waals surface area contributed by atoms with Crippen LogP contribution in [-0.4, -0.2) is 46.5 Å². The average Bonchev–Trinajstić information content (AvgIpc) is 3.02. The minimum absolute atomic E-state index is 0.0420. The fraction of sp³-hybridized carbons (Fsp3) is 0.412. The monoisotopic (exact) mass is 393 g/mol. The molecule has 2 unspecified atom stereocenters. The number of phenolic OH excluding ortho intramolecular Hbond substituents is 1. The van der Waals surface area contributed by atoms with Gasteiger partial charge in [0.25, 0.3) is 0 Å². The number of rotatable bonds is 2. The lowest BCUT2D eigenvalue weighted by Gasteiger charge is -2.16. The molecule has 7 nitrogen and oxygen atoms in total. The van der Waals surface area contributed by atoms with E-state index < -0.39 is 9.84 Å². The highest BCUT2D eigenvalue weighted by Gasteiger charge is 2.36. The van der Waals surface area contributed by atoms with Crippen LogP contribution in [-0.2, 0) is 14.6 Å². The molecule has 4 rings (SSSR count). The second kappa shape index (κ2) is 6.31. The van der Waals surface area contributed by atoms with Crippen LogP contribution in [0.2, 0.25) is 0 Å². The molecule has 0 aliphatic carbocycles.